The van der Waals surface area contributed by atoms with E-state index in [0.29, 0.717) is 13.0 Å². The first-order valence-corrected chi connectivity index (χ1v) is 7.50. The fourth-order valence-corrected chi connectivity index (χ4v) is 3.19. The zero-order valence-corrected chi connectivity index (χ0v) is 13.4. The van der Waals surface area contributed by atoms with Crippen LogP contribution in [0.25, 0.3) is 0 Å². The molecule has 1 aromatic carbocycles. The Morgan fingerprint density at radius 1 is 1.33 bits per heavy atom. The van der Waals surface area contributed by atoms with Crippen molar-refractivity contribution in [1.29, 1.82) is 0 Å². The minimum atomic E-state index is -0.250. The molecule has 0 saturated carbocycles. The summed E-state index contributed by atoms with van der Waals surface area (Å²) in [5, 5.41) is 0. The lowest BCUT2D eigenvalue weighted by Gasteiger charge is -2.48. The summed E-state index contributed by atoms with van der Waals surface area (Å²) < 4.78 is 5.30. The van der Waals surface area contributed by atoms with Crippen LogP contribution >= 0.6 is 0 Å². The first-order valence-electron chi connectivity index (χ1n) is 7.50. The Kier molecular flexibility index (Phi) is 4.69. The molecule has 0 bridgehead atoms. The van der Waals surface area contributed by atoms with Gasteiger partial charge in [0.1, 0.15) is 0 Å². The van der Waals surface area contributed by atoms with Crippen LogP contribution in [0, 0.1) is 0 Å². The molecule has 2 atom stereocenters. The van der Waals surface area contributed by atoms with Crippen molar-refractivity contribution in [3.8, 4) is 0 Å². The minimum Gasteiger partial charge on any atom is -0.380 e. The third kappa shape index (κ3) is 3.27. The van der Waals surface area contributed by atoms with Crippen LogP contribution in [0.3, 0.4) is 0 Å². The maximum atomic E-state index is 12.5. The van der Waals surface area contributed by atoms with Gasteiger partial charge in [-0.1, -0.05) is 24.3 Å². The summed E-state index contributed by atoms with van der Waals surface area (Å²) in [6.07, 6.45) is 1.26. The number of rotatable bonds is 3. The molecule has 1 fully saturated rings. The number of benzene rings is 1. The fourth-order valence-electron chi connectivity index (χ4n) is 3.19. The molecule has 1 amide bonds. The minimum absolute atomic E-state index is 0.0417. The first-order chi connectivity index (χ1) is 9.86. The van der Waals surface area contributed by atoms with Gasteiger partial charge in [-0.2, -0.15) is 0 Å². The lowest BCUT2D eigenvalue weighted by molar-refractivity contribution is -0.144. The molecule has 1 aromatic rings. The average Bonchev–Trinajstić information content (AvgIpc) is 2.41. The highest BCUT2D eigenvalue weighted by atomic mass is 16.5. The number of carbonyl (C=O) groups is 1. The Morgan fingerprint density at radius 2 is 2.00 bits per heavy atom. The van der Waals surface area contributed by atoms with Crippen LogP contribution in [0.15, 0.2) is 24.3 Å². The van der Waals surface area contributed by atoms with Crippen molar-refractivity contribution in [2.75, 3.05) is 7.11 Å². The van der Waals surface area contributed by atoms with E-state index in [0.717, 1.165) is 17.5 Å². The van der Waals surface area contributed by atoms with Crippen molar-refractivity contribution in [1.82, 2.24) is 4.90 Å². The molecule has 1 saturated heterocycles. The van der Waals surface area contributed by atoms with E-state index in [1.165, 1.54) is 0 Å². The molecule has 4 heteroatoms. The zero-order chi connectivity index (χ0) is 15.6. The van der Waals surface area contributed by atoms with E-state index in [1.54, 1.807) is 7.11 Å². The summed E-state index contributed by atoms with van der Waals surface area (Å²) in [7, 11) is 1.68. The van der Waals surface area contributed by atoms with Crippen molar-refractivity contribution in [2.24, 2.45) is 5.73 Å². The predicted octanol–water partition coefficient (Wildman–Crippen LogP) is 2.62. The van der Waals surface area contributed by atoms with Gasteiger partial charge in [-0.3, -0.25) is 4.79 Å². The molecule has 116 valence electrons. The van der Waals surface area contributed by atoms with Crippen LogP contribution in [-0.4, -0.2) is 29.5 Å². The summed E-state index contributed by atoms with van der Waals surface area (Å²) >= 11 is 0. The van der Waals surface area contributed by atoms with Gasteiger partial charge < -0.3 is 15.4 Å². The molecule has 0 radical (unpaired) electrons. The number of ether oxygens (including phenoxy) is 1. The number of hydrogen-bond donors (Lipinski definition) is 1. The summed E-state index contributed by atoms with van der Waals surface area (Å²) in [4.78, 5) is 14.4. The van der Waals surface area contributed by atoms with Gasteiger partial charge in [-0.25, -0.2) is 0 Å². The van der Waals surface area contributed by atoms with E-state index in [-0.39, 0.29) is 23.5 Å². The molecule has 1 aliphatic rings. The molecule has 2 N–H and O–H groups in total. The van der Waals surface area contributed by atoms with Gasteiger partial charge >= 0.3 is 0 Å². The van der Waals surface area contributed by atoms with Gasteiger partial charge in [0.25, 0.3) is 0 Å². The molecule has 1 aliphatic heterocycles. The summed E-state index contributed by atoms with van der Waals surface area (Å²) in [5.41, 5.74) is 8.35. The molecule has 2 unspecified atom stereocenters. The summed E-state index contributed by atoms with van der Waals surface area (Å²) in [5.74, 6) is 0.182. The van der Waals surface area contributed by atoms with E-state index in [2.05, 4.69) is 26.8 Å². The van der Waals surface area contributed by atoms with Crippen LogP contribution in [-0.2, 0) is 16.1 Å². The number of amides is 1. The number of hydrogen-bond acceptors (Lipinski definition) is 3. The van der Waals surface area contributed by atoms with Gasteiger partial charge in [0, 0.05) is 25.1 Å². The first kappa shape index (κ1) is 16.0. The van der Waals surface area contributed by atoms with Crippen LogP contribution in [0.4, 0.5) is 0 Å². The lowest BCUT2D eigenvalue weighted by atomic mass is 9.84. The Labute approximate surface area is 127 Å². The quantitative estimate of drug-likeness (QED) is 0.931. The van der Waals surface area contributed by atoms with Gasteiger partial charge in [0.2, 0.25) is 5.91 Å². The Hall–Kier alpha value is -1.39. The van der Waals surface area contributed by atoms with Crippen LogP contribution < -0.4 is 5.73 Å². The smallest absolute Gasteiger partial charge is 0.223 e. The summed E-state index contributed by atoms with van der Waals surface area (Å²) in [6.45, 7) is 6.73. The van der Waals surface area contributed by atoms with Gasteiger partial charge in [0.05, 0.1) is 12.6 Å². The van der Waals surface area contributed by atoms with E-state index < -0.39 is 0 Å². The largest absolute Gasteiger partial charge is 0.380 e. The average molecular weight is 290 g/mol. The van der Waals surface area contributed by atoms with Gasteiger partial charge in [-0.05, 0) is 38.3 Å². The van der Waals surface area contributed by atoms with E-state index >= 15 is 0 Å². The third-order valence-corrected chi connectivity index (χ3v) is 4.04. The molecular formula is C17H26N2O2. The second-order valence-electron chi connectivity index (χ2n) is 6.71. The molecule has 1 heterocycles. The van der Waals surface area contributed by atoms with Crippen molar-refractivity contribution >= 4 is 5.91 Å². The molecule has 4 nitrogen and oxygen atoms in total. The van der Waals surface area contributed by atoms with Crippen molar-refractivity contribution in [2.45, 2.75) is 57.8 Å². The number of piperidine rings is 1. The number of methoxy groups -OCH3 is 1. The highest BCUT2D eigenvalue weighted by Crippen LogP contribution is 2.37. The van der Waals surface area contributed by atoms with Crippen LogP contribution in [0.2, 0.25) is 0 Å². The molecule has 0 aliphatic carbocycles. The molecular weight excluding hydrogens is 264 g/mol. The highest BCUT2D eigenvalue weighted by molar-refractivity contribution is 5.78. The topological polar surface area (TPSA) is 55.6 Å². The number of nitrogens with zero attached hydrogens (tertiary/aromatic N) is 1. The van der Waals surface area contributed by atoms with Crippen molar-refractivity contribution in [3.05, 3.63) is 35.4 Å². The van der Waals surface area contributed by atoms with Gasteiger partial charge in [-0.15, -0.1) is 0 Å². The molecule has 21 heavy (non-hydrogen) atoms. The second-order valence-corrected chi connectivity index (χ2v) is 6.71. The summed E-state index contributed by atoms with van der Waals surface area (Å²) in [6, 6.07) is 7.98. The Balaban J connectivity index is 2.49. The number of nitrogens with two attached hydrogens (primary N) is 1. The third-order valence-electron chi connectivity index (χ3n) is 4.04. The van der Waals surface area contributed by atoms with E-state index in [4.69, 9.17) is 10.5 Å². The number of carbonyl (C=O) groups excluding carboxylic acids is 1. The lowest BCUT2D eigenvalue weighted by Crippen LogP contribution is -2.56. The van der Waals surface area contributed by atoms with Crippen molar-refractivity contribution < 1.29 is 9.53 Å². The SMILES string of the molecule is COCc1ccccc1C1C(N)CCC(=O)N1C(C)(C)C. The highest BCUT2D eigenvalue weighted by Gasteiger charge is 2.41. The maximum absolute atomic E-state index is 12.5. The molecule has 0 spiro atoms. The zero-order valence-electron chi connectivity index (χ0n) is 13.4. The molecule has 0 aromatic heterocycles. The second kappa shape index (κ2) is 6.16. The molecule has 2 rings (SSSR count). The fraction of sp³-hybridized carbons (Fsp3) is 0.588. The maximum Gasteiger partial charge on any atom is 0.223 e. The van der Waals surface area contributed by atoms with E-state index in [9.17, 15) is 4.79 Å². The Bertz CT molecular complexity index is 508. The van der Waals surface area contributed by atoms with Crippen LogP contribution in [0.1, 0.15) is 50.8 Å². The standard InChI is InChI=1S/C17H26N2O2/c1-17(2,3)19-15(20)10-9-14(18)16(19)13-8-6-5-7-12(13)11-21-4/h5-8,14,16H,9-11,18H2,1-4H3. The monoisotopic (exact) mass is 290 g/mol. The van der Waals surface area contributed by atoms with E-state index in [1.807, 2.05) is 23.1 Å². The van der Waals surface area contributed by atoms with Crippen molar-refractivity contribution in [3.63, 3.8) is 0 Å². The van der Waals surface area contributed by atoms with Crippen LogP contribution in [0.5, 0.6) is 0 Å². The normalized spacial score (nSPS) is 23.5. The number of likely N-dealkylation sites (tertiary alicyclic amines) is 1. The van der Waals surface area contributed by atoms with Gasteiger partial charge in [0.15, 0.2) is 0 Å². The Morgan fingerprint density at radius 3 is 2.62 bits per heavy atom. The predicted molar refractivity (Wildman–Crippen MR) is 83.7 cm³/mol.